The third-order valence-corrected chi connectivity index (χ3v) is 4.53. The highest BCUT2D eigenvalue weighted by Crippen LogP contribution is 2.50. The standard InChI is InChI=1S/C13H21F3N2O3/c1-2-21-10-7-9(19)12(10)3-5-18(6-4-12)11(20)17-8-13(14,15)16/h9-10,19H,2-8H2,1H3,(H,17,20). The molecule has 5 nitrogen and oxygen atoms in total. The molecule has 1 aliphatic carbocycles. The number of aliphatic hydroxyl groups is 1. The van der Waals surface area contributed by atoms with Gasteiger partial charge in [0.25, 0.3) is 0 Å². The summed E-state index contributed by atoms with van der Waals surface area (Å²) < 4.78 is 41.8. The molecule has 2 atom stereocenters. The molecule has 0 aromatic heterocycles. The van der Waals surface area contributed by atoms with Crippen molar-refractivity contribution >= 4 is 6.03 Å². The maximum absolute atomic E-state index is 12.1. The number of nitrogens with zero attached hydrogens (tertiary/aromatic N) is 1. The summed E-state index contributed by atoms with van der Waals surface area (Å²) in [7, 11) is 0. The average molecular weight is 310 g/mol. The number of ether oxygens (including phenoxy) is 1. The van der Waals surface area contributed by atoms with Crippen molar-refractivity contribution in [1.29, 1.82) is 0 Å². The molecule has 1 heterocycles. The number of alkyl halides is 3. The molecule has 1 aliphatic heterocycles. The van der Waals surface area contributed by atoms with E-state index < -0.39 is 24.9 Å². The van der Waals surface area contributed by atoms with Gasteiger partial charge in [0, 0.05) is 31.5 Å². The zero-order valence-corrected chi connectivity index (χ0v) is 11.9. The summed E-state index contributed by atoms with van der Waals surface area (Å²) in [5.74, 6) is 0. The van der Waals surface area contributed by atoms with Gasteiger partial charge in [0.05, 0.1) is 12.2 Å². The Hall–Kier alpha value is -1.02. The normalized spacial score (nSPS) is 28.3. The molecule has 0 radical (unpaired) electrons. The van der Waals surface area contributed by atoms with Gasteiger partial charge >= 0.3 is 12.2 Å². The second-order valence-corrected chi connectivity index (χ2v) is 5.69. The number of rotatable bonds is 3. The van der Waals surface area contributed by atoms with Crippen LogP contribution in [0.15, 0.2) is 0 Å². The van der Waals surface area contributed by atoms with Gasteiger partial charge in [-0.1, -0.05) is 0 Å². The third kappa shape index (κ3) is 3.42. The van der Waals surface area contributed by atoms with E-state index in [0.29, 0.717) is 39.0 Å². The first-order valence-electron chi connectivity index (χ1n) is 7.17. The predicted octanol–water partition coefficient (Wildman–Crippen LogP) is 1.51. The number of amides is 2. The minimum Gasteiger partial charge on any atom is -0.392 e. The fraction of sp³-hybridized carbons (Fsp3) is 0.923. The molecular weight excluding hydrogens is 289 g/mol. The minimum absolute atomic E-state index is 0.0158. The van der Waals surface area contributed by atoms with Crippen LogP contribution in [0.1, 0.15) is 26.2 Å². The van der Waals surface area contributed by atoms with Gasteiger partial charge in [0.1, 0.15) is 6.54 Å². The van der Waals surface area contributed by atoms with E-state index in [-0.39, 0.29) is 11.5 Å². The summed E-state index contributed by atoms with van der Waals surface area (Å²) in [6.45, 7) is 1.80. The minimum atomic E-state index is -4.41. The maximum Gasteiger partial charge on any atom is 0.405 e. The van der Waals surface area contributed by atoms with Gasteiger partial charge in [0.15, 0.2) is 0 Å². The first-order chi connectivity index (χ1) is 9.78. The molecule has 1 saturated carbocycles. The quantitative estimate of drug-likeness (QED) is 0.830. The molecule has 2 fully saturated rings. The molecule has 21 heavy (non-hydrogen) atoms. The number of hydrogen-bond acceptors (Lipinski definition) is 3. The lowest BCUT2D eigenvalue weighted by Crippen LogP contribution is -2.63. The zero-order valence-electron chi connectivity index (χ0n) is 11.9. The Morgan fingerprint density at radius 3 is 2.52 bits per heavy atom. The molecular formula is C13H21F3N2O3. The Morgan fingerprint density at radius 2 is 2.05 bits per heavy atom. The van der Waals surface area contributed by atoms with Crippen molar-refractivity contribution in [3.63, 3.8) is 0 Å². The van der Waals surface area contributed by atoms with Crippen molar-refractivity contribution < 1.29 is 27.8 Å². The molecule has 2 aliphatic rings. The van der Waals surface area contributed by atoms with E-state index in [1.165, 1.54) is 4.90 Å². The van der Waals surface area contributed by atoms with E-state index in [4.69, 9.17) is 4.74 Å². The Labute approximate surface area is 121 Å². The van der Waals surface area contributed by atoms with E-state index in [0.717, 1.165) is 0 Å². The average Bonchev–Trinajstić information content (AvgIpc) is 2.44. The summed E-state index contributed by atoms with van der Waals surface area (Å²) in [5, 5.41) is 11.9. The SMILES string of the molecule is CCOC1CC(O)C12CCN(C(=O)NCC(F)(F)F)CC2. The molecule has 2 unspecified atom stereocenters. The summed E-state index contributed by atoms with van der Waals surface area (Å²) in [6, 6.07) is -0.705. The number of aliphatic hydroxyl groups excluding tert-OH is 1. The van der Waals surface area contributed by atoms with Crippen LogP contribution < -0.4 is 5.32 Å². The molecule has 0 aromatic carbocycles. The lowest BCUT2D eigenvalue weighted by molar-refractivity contribution is -0.207. The van der Waals surface area contributed by atoms with Crippen molar-refractivity contribution in [2.45, 2.75) is 44.6 Å². The highest BCUT2D eigenvalue weighted by Gasteiger charge is 2.56. The number of halogens is 3. The van der Waals surface area contributed by atoms with E-state index in [1.807, 2.05) is 12.2 Å². The van der Waals surface area contributed by atoms with Crippen molar-refractivity contribution in [3.05, 3.63) is 0 Å². The summed E-state index contributed by atoms with van der Waals surface area (Å²) in [4.78, 5) is 13.0. The fourth-order valence-electron chi connectivity index (χ4n) is 3.23. The van der Waals surface area contributed by atoms with Crippen LogP contribution in [0, 0.1) is 5.41 Å². The zero-order chi connectivity index (χ0) is 15.7. The Morgan fingerprint density at radius 1 is 1.43 bits per heavy atom. The second kappa shape index (κ2) is 6.00. The van der Waals surface area contributed by atoms with Gasteiger partial charge in [-0.05, 0) is 19.8 Å². The smallest absolute Gasteiger partial charge is 0.392 e. The van der Waals surface area contributed by atoms with Crippen LogP contribution in [-0.2, 0) is 4.74 Å². The summed E-state index contributed by atoms with van der Waals surface area (Å²) >= 11 is 0. The van der Waals surface area contributed by atoms with Gasteiger partial charge in [-0.2, -0.15) is 13.2 Å². The predicted molar refractivity (Wildman–Crippen MR) is 68.7 cm³/mol. The van der Waals surface area contributed by atoms with Gasteiger partial charge in [0.2, 0.25) is 0 Å². The molecule has 1 spiro atoms. The number of nitrogens with one attached hydrogen (secondary N) is 1. The highest BCUT2D eigenvalue weighted by molar-refractivity contribution is 5.74. The van der Waals surface area contributed by atoms with E-state index in [1.54, 1.807) is 0 Å². The van der Waals surface area contributed by atoms with Gasteiger partial charge < -0.3 is 20.1 Å². The van der Waals surface area contributed by atoms with E-state index in [2.05, 4.69) is 0 Å². The lowest BCUT2D eigenvalue weighted by Gasteiger charge is -2.56. The van der Waals surface area contributed by atoms with Crippen LogP contribution in [0.4, 0.5) is 18.0 Å². The van der Waals surface area contributed by atoms with Crippen LogP contribution in [0.25, 0.3) is 0 Å². The van der Waals surface area contributed by atoms with Crippen LogP contribution in [0.5, 0.6) is 0 Å². The second-order valence-electron chi connectivity index (χ2n) is 5.69. The van der Waals surface area contributed by atoms with Crippen molar-refractivity contribution in [2.24, 2.45) is 5.41 Å². The number of carbonyl (C=O) groups excluding carboxylic acids is 1. The fourth-order valence-corrected chi connectivity index (χ4v) is 3.23. The number of piperidine rings is 1. The molecule has 122 valence electrons. The largest absolute Gasteiger partial charge is 0.405 e. The number of carbonyl (C=O) groups is 1. The number of likely N-dealkylation sites (tertiary alicyclic amines) is 1. The Bertz CT molecular complexity index is 379. The molecule has 2 N–H and O–H groups in total. The number of urea groups is 1. The van der Waals surface area contributed by atoms with Crippen molar-refractivity contribution in [1.82, 2.24) is 10.2 Å². The van der Waals surface area contributed by atoms with Gasteiger partial charge in [-0.3, -0.25) is 0 Å². The van der Waals surface area contributed by atoms with Crippen LogP contribution in [0.2, 0.25) is 0 Å². The monoisotopic (exact) mass is 310 g/mol. The van der Waals surface area contributed by atoms with Crippen molar-refractivity contribution in [2.75, 3.05) is 26.2 Å². The molecule has 8 heteroatoms. The first kappa shape index (κ1) is 16.4. The van der Waals surface area contributed by atoms with E-state index in [9.17, 15) is 23.1 Å². The Balaban J connectivity index is 1.84. The van der Waals surface area contributed by atoms with Gasteiger partial charge in [-0.15, -0.1) is 0 Å². The third-order valence-electron chi connectivity index (χ3n) is 4.53. The molecule has 2 amide bonds. The lowest BCUT2D eigenvalue weighted by atomic mass is 9.58. The van der Waals surface area contributed by atoms with Crippen LogP contribution in [0.3, 0.4) is 0 Å². The van der Waals surface area contributed by atoms with Crippen LogP contribution in [-0.4, -0.2) is 60.7 Å². The molecule has 1 saturated heterocycles. The molecule has 2 rings (SSSR count). The van der Waals surface area contributed by atoms with Crippen LogP contribution >= 0.6 is 0 Å². The van der Waals surface area contributed by atoms with Crippen molar-refractivity contribution in [3.8, 4) is 0 Å². The molecule has 0 bridgehead atoms. The first-order valence-corrected chi connectivity index (χ1v) is 7.17. The van der Waals surface area contributed by atoms with Gasteiger partial charge in [-0.25, -0.2) is 4.79 Å². The summed E-state index contributed by atoms with van der Waals surface area (Å²) in [6.07, 6.45) is -3.17. The maximum atomic E-state index is 12.1. The molecule has 0 aromatic rings. The number of hydrogen-bond donors (Lipinski definition) is 2. The highest BCUT2D eigenvalue weighted by atomic mass is 19.4. The Kier molecular flexibility index (Phi) is 4.67. The van der Waals surface area contributed by atoms with E-state index >= 15 is 0 Å². The topological polar surface area (TPSA) is 61.8 Å². The summed E-state index contributed by atoms with van der Waals surface area (Å²) in [5.41, 5.74) is -0.336.